The normalized spacial score (nSPS) is 18.6. The number of piperidine rings is 1. The molecule has 1 atom stereocenters. The Morgan fingerprint density at radius 1 is 1.38 bits per heavy atom. The smallest absolute Gasteiger partial charge is 0.0578 e. The highest BCUT2D eigenvalue weighted by molar-refractivity contribution is 7.13. The van der Waals surface area contributed by atoms with Crippen molar-refractivity contribution >= 4 is 20.8 Å². The highest BCUT2D eigenvalue weighted by Crippen LogP contribution is 2.23. The fourth-order valence-corrected chi connectivity index (χ4v) is 2.36. The number of rotatable bonds is 2. The molecule has 1 aliphatic heterocycles. The first kappa shape index (κ1) is 11.7. The second kappa shape index (κ2) is 5.03. The fraction of sp³-hybridized carbons (Fsp3) is 0.500. The van der Waals surface area contributed by atoms with Crippen molar-refractivity contribution in [1.82, 2.24) is 4.67 Å². The minimum atomic E-state index is 0.556. The number of benzene rings is 1. The summed E-state index contributed by atoms with van der Waals surface area (Å²) in [6.07, 6.45) is 2.35. The molecular weight excluding hydrogens is 217 g/mol. The van der Waals surface area contributed by atoms with E-state index in [1.807, 2.05) is 12.1 Å². The van der Waals surface area contributed by atoms with E-state index in [0.717, 1.165) is 24.5 Å². The summed E-state index contributed by atoms with van der Waals surface area (Å²) in [5.41, 5.74) is 9.14. The van der Waals surface area contributed by atoms with Gasteiger partial charge in [-0.15, -0.1) is 0 Å². The van der Waals surface area contributed by atoms with Crippen LogP contribution < -0.4 is 11.1 Å². The summed E-state index contributed by atoms with van der Waals surface area (Å²) < 4.78 is 2.29. The number of aryl methyl sites for hydroxylation is 1. The Labute approximate surface area is 99.7 Å². The van der Waals surface area contributed by atoms with Crippen LogP contribution in [0.15, 0.2) is 18.2 Å². The number of nitrogens with one attached hydrogen (secondary N) is 1. The number of hydrogen-bond acceptors (Lipinski definition) is 3. The van der Waals surface area contributed by atoms with Gasteiger partial charge in [0, 0.05) is 19.1 Å². The molecule has 2 rings (SSSR count). The monoisotopic (exact) mass is 237 g/mol. The SMILES string of the molecule is Cc1ccc(N)c(NC2CCN(P)CC2)c1. The molecule has 0 aromatic heterocycles. The largest absolute Gasteiger partial charge is 0.397 e. The molecule has 0 bridgehead atoms. The molecule has 3 nitrogen and oxygen atoms in total. The van der Waals surface area contributed by atoms with Crippen molar-refractivity contribution in [2.75, 3.05) is 24.1 Å². The van der Waals surface area contributed by atoms with Crippen LogP contribution in [0.3, 0.4) is 0 Å². The summed E-state index contributed by atoms with van der Waals surface area (Å²) in [5, 5.41) is 3.55. The first-order valence-electron chi connectivity index (χ1n) is 5.77. The van der Waals surface area contributed by atoms with Crippen molar-refractivity contribution in [2.45, 2.75) is 25.8 Å². The molecule has 88 valence electrons. The van der Waals surface area contributed by atoms with E-state index < -0.39 is 0 Å². The second-order valence-corrected chi connectivity index (χ2v) is 5.28. The molecule has 1 aliphatic rings. The fourth-order valence-electron chi connectivity index (χ4n) is 2.06. The van der Waals surface area contributed by atoms with Crippen LogP contribution in [-0.4, -0.2) is 23.8 Å². The van der Waals surface area contributed by atoms with E-state index in [2.05, 4.69) is 32.4 Å². The molecule has 4 heteroatoms. The Bertz CT molecular complexity index is 359. The number of nitrogens with zero attached hydrogens (tertiary/aromatic N) is 1. The van der Waals surface area contributed by atoms with Crippen LogP contribution >= 0.6 is 9.39 Å². The lowest BCUT2D eigenvalue weighted by molar-refractivity contribution is 0.357. The number of nitrogens with two attached hydrogens (primary N) is 1. The summed E-state index contributed by atoms with van der Waals surface area (Å²) in [7, 11) is 2.77. The molecule has 1 saturated heterocycles. The Morgan fingerprint density at radius 2 is 2.06 bits per heavy atom. The maximum atomic E-state index is 5.96. The zero-order valence-corrected chi connectivity index (χ0v) is 10.9. The summed E-state index contributed by atoms with van der Waals surface area (Å²) in [4.78, 5) is 0. The zero-order valence-electron chi connectivity index (χ0n) is 9.74. The van der Waals surface area contributed by atoms with Crippen molar-refractivity contribution < 1.29 is 0 Å². The van der Waals surface area contributed by atoms with Gasteiger partial charge in [0.05, 0.1) is 11.4 Å². The highest BCUT2D eigenvalue weighted by atomic mass is 31.0. The zero-order chi connectivity index (χ0) is 11.5. The van der Waals surface area contributed by atoms with E-state index in [9.17, 15) is 0 Å². The Balaban J connectivity index is 2.00. The molecule has 1 unspecified atom stereocenters. The topological polar surface area (TPSA) is 41.3 Å². The average Bonchev–Trinajstić information content (AvgIpc) is 2.27. The molecule has 0 saturated carbocycles. The number of hydrogen-bond donors (Lipinski definition) is 2. The molecule has 1 aromatic rings. The Morgan fingerprint density at radius 3 is 2.75 bits per heavy atom. The van der Waals surface area contributed by atoms with Crippen LogP contribution in [0.2, 0.25) is 0 Å². The van der Waals surface area contributed by atoms with Crippen molar-refractivity contribution in [3.63, 3.8) is 0 Å². The predicted molar refractivity (Wildman–Crippen MR) is 73.5 cm³/mol. The van der Waals surface area contributed by atoms with E-state index in [0.29, 0.717) is 6.04 Å². The molecule has 1 fully saturated rings. The lowest BCUT2D eigenvalue weighted by atomic mass is 10.1. The lowest BCUT2D eigenvalue weighted by Crippen LogP contribution is -2.34. The van der Waals surface area contributed by atoms with Crippen LogP contribution in [0.1, 0.15) is 18.4 Å². The van der Waals surface area contributed by atoms with Gasteiger partial charge in [-0.25, -0.2) is 0 Å². The van der Waals surface area contributed by atoms with Crippen LogP contribution in [0.4, 0.5) is 11.4 Å². The minimum absolute atomic E-state index is 0.556. The molecule has 0 amide bonds. The summed E-state index contributed by atoms with van der Waals surface area (Å²) in [6.45, 7) is 4.36. The van der Waals surface area contributed by atoms with Gasteiger partial charge < -0.3 is 11.1 Å². The lowest BCUT2D eigenvalue weighted by Gasteiger charge is -2.30. The third kappa shape index (κ3) is 2.87. The van der Waals surface area contributed by atoms with Crippen LogP contribution in [0.5, 0.6) is 0 Å². The Kier molecular flexibility index (Phi) is 3.67. The molecule has 1 heterocycles. The second-order valence-electron chi connectivity index (χ2n) is 4.55. The highest BCUT2D eigenvalue weighted by Gasteiger charge is 2.16. The summed E-state index contributed by atoms with van der Waals surface area (Å²) in [6, 6.07) is 6.71. The maximum absolute atomic E-state index is 5.96. The predicted octanol–water partition coefficient (Wildman–Crippen LogP) is 2.24. The van der Waals surface area contributed by atoms with E-state index in [1.165, 1.54) is 18.4 Å². The summed E-state index contributed by atoms with van der Waals surface area (Å²) in [5.74, 6) is 0. The standard InChI is InChI=1S/C12H20N3P/c1-9-2-3-11(13)12(8-9)14-10-4-6-15(16)7-5-10/h2-3,8,10,14H,4-7,13,16H2,1H3. The van der Waals surface area contributed by atoms with Crippen molar-refractivity contribution in [1.29, 1.82) is 0 Å². The third-order valence-electron chi connectivity index (χ3n) is 3.10. The number of anilines is 2. The van der Waals surface area contributed by atoms with E-state index in [4.69, 9.17) is 5.73 Å². The van der Waals surface area contributed by atoms with E-state index >= 15 is 0 Å². The van der Waals surface area contributed by atoms with Crippen LogP contribution in [0.25, 0.3) is 0 Å². The van der Waals surface area contributed by atoms with Gasteiger partial charge >= 0.3 is 0 Å². The van der Waals surface area contributed by atoms with Gasteiger partial charge in [-0.05, 0) is 37.5 Å². The molecule has 1 aromatic carbocycles. The van der Waals surface area contributed by atoms with Crippen molar-refractivity contribution in [3.8, 4) is 0 Å². The quantitative estimate of drug-likeness (QED) is 0.612. The molecule has 3 N–H and O–H groups in total. The average molecular weight is 237 g/mol. The maximum Gasteiger partial charge on any atom is 0.0578 e. The van der Waals surface area contributed by atoms with Gasteiger partial charge in [0.2, 0.25) is 0 Å². The molecule has 0 aliphatic carbocycles. The first-order valence-corrected chi connectivity index (χ1v) is 6.29. The van der Waals surface area contributed by atoms with E-state index in [-0.39, 0.29) is 0 Å². The van der Waals surface area contributed by atoms with E-state index in [1.54, 1.807) is 0 Å². The number of nitrogen functional groups attached to an aromatic ring is 1. The Hall–Kier alpha value is -0.790. The third-order valence-corrected chi connectivity index (χ3v) is 3.61. The van der Waals surface area contributed by atoms with Crippen molar-refractivity contribution in [3.05, 3.63) is 23.8 Å². The van der Waals surface area contributed by atoms with Crippen LogP contribution in [-0.2, 0) is 0 Å². The summed E-state index contributed by atoms with van der Waals surface area (Å²) >= 11 is 0. The minimum Gasteiger partial charge on any atom is -0.397 e. The first-order chi connectivity index (χ1) is 7.65. The van der Waals surface area contributed by atoms with Crippen molar-refractivity contribution in [2.24, 2.45) is 0 Å². The molecule has 0 spiro atoms. The molecule has 16 heavy (non-hydrogen) atoms. The molecular formula is C12H20N3P. The van der Waals surface area contributed by atoms with Crippen LogP contribution in [0, 0.1) is 6.92 Å². The van der Waals surface area contributed by atoms with Gasteiger partial charge in [0.1, 0.15) is 0 Å². The van der Waals surface area contributed by atoms with Gasteiger partial charge in [-0.3, -0.25) is 4.67 Å². The molecule has 0 radical (unpaired) electrons. The van der Waals surface area contributed by atoms with Gasteiger partial charge in [0.25, 0.3) is 0 Å². The van der Waals surface area contributed by atoms with Gasteiger partial charge in [0.15, 0.2) is 0 Å². The van der Waals surface area contributed by atoms with Gasteiger partial charge in [-0.2, -0.15) is 0 Å². The van der Waals surface area contributed by atoms with Gasteiger partial charge in [-0.1, -0.05) is 15.5 Å².